The molecule has 5 rings (SSSR count). The van der Waals surface area contributed by atoms with Gasteiger partial charge in [0.15, 0.2) is 5.65 Å². The van der Waals surface area contributed by atoms with E-state index in [1.165, 1.54) is 6.33 Å². The molecule has 0 fully saturated rings. The van der Waals surface area contributed by atoms with Crippen LogP contribution in [0.5, 0.6) is 0 Å². The van der Waals surface area contributed by atoms with Crippen LogP contribution in [-0.4, -0.2) is 19.7 Å². The summed E-state index contributed by atoms with van der Waals surface area (Å²) in [6, 6.07) is 17.3. The van der Waals surface area contributed by atoms with Crippen LogP contribution in [0.2, 0.25) is 0 Å². The number of anilines is 1. The van der Waals surface area contributed by atoms with Crippen molar-refractivity contribution in [1.82, 2.24) is 19.7 Å². The lowest BCUT2D eigenvalue weighted by Gasteiger charge is -2.12. The summed E-state index contributed by atoms with van der Waals surface area (Å²) in [5, 5.41) is 6.65. The van der Waals surface area contributed by atoms with Gasteiger partial charge in [-0.3, -0.25) is 0 Å². The van der Waals surface area contributed by atoms with Crippen LogP contribution in [0.15, 0.2) is 70.1 Å². The van der Waals surface area contributed by atoms with E-state index in [-0.39, 0.29) is 12.2 Å². The molecular weight excluding hydrogens is 366 g/mol. The summed E-state index contributed by atoms with van der Waals surface area (Å²) in [5.41, 5.74) is 8.78. The quantitative estimate of drug-likeness (QED) is 0.511. The fourth-order valence-electron chi connectivity index (χ4n) is 3.74. The van der Waals surface area contributed by atoms with Crippen molar-refractivity contribution >= 4 is 27.6 Å². The maximum absolute atomic E-state index is 12.7. The molecule has 0 amide bonds. The van der Waals surface area contributed by atoms with Gasteiger partial charge in [0, 0.05) is 10.9 Å². The van der Waals surface area contributed by atoms with Crippen LogP contribution in [0.25, 0.3) is 32.9 Å². The number of nitrogens with zero attached hydrogens (tertiary/aromatic N) is 4. The number of nitrogen functional groups attached to an aromatic ring is 1. The third-order valence-electron chi connectivity index (χ3n) is 5.00. The van der Waals surface area contributed by atoms with Gasteiger partial charge in [-0.25, -0.2) is 19.4 Å². The molecule has 142 valence electrons. The Kier molecular flexibility index (Phi) is 3.87. The predicted molar refractivity (Wildman–Crippen MR) is 111 cm³/mol. The van der Waals surface area contributed by atoms with Crippen molar-refractivity contribution in [1.29, 1.82) is 0 Å². The highest BCUT2D eigenvalue weighted by molar-refractivity contribution is 5.96. The van der Waals surface area contributed by atoms with E-state index in [2.05, 4.69) is 15.1 Å². The van der Waals surface area contributed by atoms with Crippen molar-refractivity contribution in [2.75, 3.05) is 5.73 Å². The van der Waals surface area contributed by atoms with Gasteiger partial charge in [-0.15, -0.1) is 0 Å². The zero-order valence-corrected chi connectivity index (χ0v) is 15.7. The molecule has 0 aliphatic rings. The number of hydrogen-bond donors (Lipinski definition) is 1. The molecule has 0 radical (unpaired) electrons. The van der Waals surface area contributed by atoms with Crippen molar-refractivity contribution in [2.45, 2.75) is 13.5 Å². The molecule has 5 aromatic rings. The number of aryl methyl sites for hydroxylation is 1. The fourth-order valence-corrected chi connectivity index (χ4v) is 3.74. The molecule has 0 aliphatic heterocycles. The van der Waals surface area contributed by atoms with Gasteiger partial charge in [0.2, 0.25) is 0 Å². The fraction of sp³-hybridized carbons (Fsp3) is 0.0909. The van der Waals surface area contributed by atoms with E-state index in [1.54, 1.807) is 10.7 Å². The maximum atomic E-state index is 12.7. The van der Waals surface area contributed by atoms with Gasteiger partial charge in [0.05, 0.1) is 16.5 Å². The van der Waals surface area contributed by atoms with E-state index in [4.69, 9.17) is 10.2 Å². The van der Waals surface area contributed by atoms with Crippen molar-refractivity contribution in [2.24, 2.45) is 0 Å². The average Bonchev–Trinajstić information content (AvgIpc) is 3.05. The van der Waals surface area contributed by atoms with Crippen molar-refractivity contribution in [3.63, 3.8) is 0 Å². The molecule has 2 N–H and O–H groups in total. The Hall–Kier alpha value is -4.00. The monoisotopic (exact) mass is 383 g/mol. The van der Waals surface area contributed by atoms with Crippen molar-refractivity contribution in [3.8, 4) is 11.1 Å². The first-order chi connectivity index (χ1) is 14.1. The average molecular weight is 383 g/mol. The largest absolute Gasteiger partial charge is 0.425 e. The summed E-state index contributed by atoms with van der Waals surface area (Å²) in [5.74, 6) is 0.892. The van der Waals surface area contributed by atoms with E-state index < -0.39 is 0 Å². The molecule has 0 atom stereocenters. The standard InChI is InChI=1S/C22H17N5O2/c1-13-18-20(23)24-12-25-21(18)27(26-13)11-17-19(14-7-3-2-4-8-14)15-9-5-6-10-16(15)22(28)29-17/h2-10,12H,11H2,1H3,(H2,23,24,25). The Morgan fingerprint density at radius 2 is 1.72 bits per heavy atom. The van der Waals surface area contributed by atoms with Gasteiger partial charge in [0.1, 0.15) is 24.5 Å². The van der Waals surface area contributed by atoms with E-state index in [9.17, 15) is 4.79 Å². The van der Waals surface area contributed by atoms with E-state index in [0.29, 0.717) is 28.0 Å². The highest BCUT2D eigenvalue weighted by atomic mass is 16.4. The van der Waals surface area contributed by atoms with Gasteiger partial charge in [0.25, 0.3) is 0 Å². The van der Waals surface area contributed by atoms with Crippen LogP contribution in [0.3, 0.4) is 0 Å². The SMILES string of the molecule is Cc1nn(Cc2oc(=O)c3ccccc3c2-c2ccccc2)c2ncnc(N)c12. The summed E-state index contributed by atoms with van der Waals surface area (Å²) in [6.07, 6.45) is 1.41. The second kappa shape index (κ2) is 6.56. The molecule has 0 aliphatic carbocycles. The second-order valence-electron chi connectivity index (χ2n) is 6.80. The molecule has 0 bridgehead atoms. The lowest BCUT2D eigenvalue weighted by Crippen LogP contribution is -2.10. The number of nitrogens with two attached hydrogens (primary N) is 1. The molecule has 7 heteroatoms. The van der Waals surface area contributed by atoms with Gasteiger partial charge in [-0.2, -0.15) is 5.10 Å². The zero-order chi connectivity index (χ0) is 20.0. The number of fused-ring (bicyclic) bond motifs is 2. The first-order valence-electron chi connectivity index (χ1n) is 9.17. The van der Waals surface area contributed by atoms with Crippen LogP contribution < -0.4 is 11.4 Å². The molecule has 3 aromatic heterocycles. The molecule has 2 aromatic carbocycles. The lowest BCUT2D eigenvalue weighted by molar-refractivity contribution is 0.448. The topological polar surface area (TPSA) is 99.8 Å². The number of rotatable bonds is 3. The third kappa shape index (κ3) is 2.75. The van der Waals surface area contributed by atoms with Crippen LogP contribution in [0.1, 0.15) is 11.5 Å². The molecule has 0 unspecified atom stereocenters. The highest BCUT2D eigenvalue weighted by Gasteiger charge is 2.19. The molecule has 3 heterocycles. The van der Waals surface area contributed by atoms with Crippen LogP contribution >= 0.6 is 0 Å². The first kappa shape index (κ1) is 17.1. The molecular formula is C22H17N5O2. The Morgan fingerprint density at radius 1 is 1.00 bits per heavy atom. The molecule has 7 nitrogen and oxygen atoms in total. The van der Waals surface area contributed by atoms with Crippen molar-refractivity contribution < 1.29 is 4.42 Å². The summed E-state index contributed by atoms with van der Waals surface area (Å²) in [4.78, 5) is 21.0. The summed E-state index contributed by atoms with van der Waals surface area (Å²) in [6.45, 7) is 2.10. The molecule has 29 heavy (non-hydrogen) atoms. The predicted octanol–water partition coefficient (Wildman–Crippen LogP) is 3.54. The van der Waals surface area contributed by atoms with Gasteiger partial charge in [-0.05, 0) is 18.6 Å². The van der Waals surface area contributed by atoms with E-state index in [1.807, 2.05) is 55.5 Å². The van der Waals surface area contributed by atoms with E-state index >= 15 is 0 Å². The third-order valence-corrected chi connectivity index (χ3v) is 5.00. The minimum Gasteiger partial charge on any atom is -0.425 e. The van der Waals surface area contributed by atoms with Gasteiger partial charge < -0.3 is 10.2 Å². The Balaban J connectivity index is 1.78. The summed E-state index contributed by atoms with van der Waals surface area (Å²) in [7, 11) is 0. The zero-order valence-electron chi connectivity index (χ0n) is 15.7. The minimum absolute atomic E-state index is 0.241. The maximum Gasteiger partial charge on any atom is 0.343 e. The highest BCUT2D eigenvalue weighted by Crippen LogP contribution is 2.31. The molecule has 0 saturated carbocycles. The Labute approximate surface area is 165 Å². The summed E-state index contributed by atoms with van der Waals surface area (Å²) >= 11 is 0. The van der Waals surface area contributed by atoms with Crippen molar-refractivity contribution in [3.05, 3.63) is 82.8 Å². The van der Waals surface area contributed by atoms with Crippen LogP contribution in [0, 0.1) is 6.92 Å². The number of aromatic nitrogens is 4. The second-order valence-corrected chi connectivity index (χ2v) is 6.80. The number of benzene rings is 2. The van der Waals surface area contributed by atoms with Gasteiger partial charge in [-0.1, -0.05) is 48.5 Å². The molecule has 0 saturated heterocycles. The first-order valence-corrected chi connectivity index (χ1v) is 9.17. The Bertz CT molecular complexity index is 1420. The normalized spacial score (nSPS) is 11.3. The lowest BCUT2D eigenvalue weighted by atomic mass is 9.98. The van der Waals surface area contributed by atoms with E-state index in [0.717, 1.165) is 22.2 Å². The van der Waals surface area contributed by atoms with Crippen LogP contribution in [-0.2, 0) is 6.54 Å². The molecule has 0 spiro atoms. The minimum atomic E-state index is -0.377. The number of hydrogen-bond acceptors (Lipinski definition) is 6. The van der Waals surface area contributed by atoms with Gasteiger partial charge >= 0.3 is 5.63 Å². The smallest absolute Gasteiger partial charge is 0.343 e. The van der Waals surface area contributed by atoms with Crippen LogP contribution in [0.4, 0.5) is 5.82 Å². The Morgan fingerprint density at radius 3 is 2.52 bits per heavy atom. The summed E-state index contributed by atoms with van der Waals surface area (Å²) < 4.78 is 7.47.